The van der Waals surface area contributed by atoms with Crippen LogP contribution in [0.1, 0.15) is 122 Å². The zero-order valence-electron chi connectivity index (χ0n) is 27.5. The maximum Gasteiger partial charge on any atom is 0.305 e. The molecule has 0 aromatic carbocycles. The fourth-order valence-electron chi connectivity index (χ4n) is 6.90. The summed E-state index contributed by atoms with van der Waals surface area (Å²) in [6.07, 6.45) is 26.7. The molecule has 4 fully saturated rings. The number of rotatable bonds is 18. The summed E-state index contributed by atoms with van der Waals surface area (Å²) in [5.41, 5.74) is 0. The largest absolute Gasteiger partial charge is 0.469 e. The second-order valence-corrected chi connectivity index (χ2v) is 12.9. The molecule has 0 spiro atoms. The number of esters is 1. The number of carbonyl (C=O) groups excluding carboxylic acids is 1. The van der Waals surface area contributed by atoms with Crippen molar-refractivity contribution in [2.75, 3.05) is 26.9 Å². The summed E-state index contributed by atoms with van der Waals surface area (Å²) < 4.78 is 42.9. The summed E-state index contributed by atoms with van der Waals surface area (Å²) in [7, 11) is 1.44. The summed E-state index contributed by atoms with van der Waals surface area (Å²) in [6.45, 7) is 4.56. The van der Waals surface area contributed by atoms with Crippen LogP contribution in [0.3, 0.4) is 0 Å². The fraction of sp³-hybridized carbons (Fsp3) is 0.861. The molecule has 4 aliphatic rings. The van der Waals surface area contributed by atoms with Crippen molar-refractivity contribution in [2.45, 2.75) is 160 Å². The van der Waals surface area contributed by atoms with Crippen molar-refractivity contribution in [1.82, 2.24) is 0 Å². The Kier molecular flexibility index (Phi) is 16.8. The van der Waals surface area contributed by atoms with Gasteiger partial charge in [0.05, 0.1) is 25.4 Å². The van der Waals surface area contributed by atoms with Crippen LogP contribution < -0.4 is 0 Å². The molecule has 3 aliphatic heterocycles. The van der Waals surface area contributed by atoms with Gasteiger partial charge in [-0.1, -0.05) is 50.5 Å². The molecule has 0 bridgehead atoms. The molecule has 8 heteroatoms. The quantitative estimate of drug-likeness (QED) is 0.0873. The van der Waals surface area contributed by atoms with E-state index in [0.29, 0.717) is 6.42 Å². The minimum absolute atomic E-state index is 0.00267. The number of unbranched alkanes of at least 4 members (excludes halogenated alkanes) is 3. The lowest BCUT2D eigenvalue weighted by molar-refractivity contribution is -0.203. The predicted octanol–water partition coefficient (Wildman–Crippen LogP) is 7.78. The molecule has 0 aromatic heterocycles. The first-order chi connectivity index (χ1) is 21.7. The SMILES string of the molecule is CCCCC[C@@H](/C=C/[C@@H]1[C@@H](C/C=C\CCCC(=O)OC)[C@@H](OC2CCCCO2)C[C@H]1OC1CCCCO1)OC1CCCCO1. The van der Waals surface area contributed by atoms with Crippen LogP contribution in [0.4, 0.5) is 0 Å². The lowest BCUT2D eigenvalue weighted by atomic mass is 9.89. The maximum atomic E-state index is 11.5. The van der Waals surface area contributed by atoms with E-state index in [-0.39, 0.29) is 55.0 Å². The first-order valence-electron chi connectivity index (χ1n) is 17.9. The van der Waals surface area contributed by atoms with Gasteiger partial charge in [-0.05, 0) is 89.4 Å². The van der Waals surface area contributed by atoms with Crippen molar-refractivity contribution < 1.29 is 38.0 Å². The zero-order chi connectivity index (χ0) is 30.8. The highest BCUT2D eigenvalue weighted by Gasteiger charge is 2.45. The molecule has 0 amide bonds. The summed E-state index contributed by atoms with van der Waals surface area (Å²) in [5, 5.41) is 0. The Hall–Kier alpha value is -1.29. The van der Waals surface area contributed by atoms with Crippen LogP contribution in [0, 0.1) is 11.8 Å². The van der Waals surface area contributed by atoms with Crippen molar-refractivity contribution in [2.24, 2.45) is 11.8 Å². The number of hydrogen-bond donors (Lipinski definition) is 0. The normalized spacial score (nSPS) is 32.4. The Balaban J connectivity index is 1.50. The maximum absolute atomic E-state index is 11.5. The third kappa shape index (κ3) is 12.5. The molecule has 3 unspecified atom stereocenters. The molecule has 252 valence electrons. The van der Waals surface area contributed by atoms with Crippen LogP contribution in [0.2, 0.25) is 0 Å². The number of allylic oxidation sites excluding steroid dienone is 2. The van der Waals surface area contributed by atoms with Crippen LogP contribution >= 0.6 is 0 Å². The van der Waals surface area contributed by atoms with E-state index < -0.39 is 0 Å². The van der Waals surface area contributed by atoms with Gasteiger partial charge < -0.3 is 33.2 Å². The number of ether oxygens (including phenoxy) is 7. The van der Waals surface area contributed by atoms with Crippen LogP contribution in [-0.4, -0.2) is 70.1 Å². The summed E-state index contributed by atoms with van der Waals surface area (Å²) in [5.74, 6) is 0.252. The van der Waals surface area contributed by atoms with Crippen molar-refractivity contribution >= 4 is 5.97 Å². The molecular formula is C36H60O8. The second-order valence-electron chi connectivity index (χ2n) is 12.9. The first-order valence-corrected chi connectivity index (χ1v) is 17.9. The monoisotopic (exact) mass is 620 g/mol. The smallest absolute Gasteiger partial charge is 0.305 e. The predicted molar refractivity (Wildman–Crippen MR) is 170 cm³/mol. The molecule has 0 radical (unpaired) electrons. The van der Waals surface area contributed by atoms with Gasteiger partial charge in [0.2, 0.25) is 0 Å². The first kappa shape index (κ1) is 35.6. The molecule has 3 saturated heterocycles. The molecule has 8 atom stereocenters. The molecule has 3 heterocycles. The summed E-state index contributed by atoms with van der Waals surface area (Å²) in [6, 6.07) is 0. The third-order valence-corrected chi connectivity index (χ3v) is 9.45. The average Bonchev–Trinajstić information content (AvgIpc) is 3.37. The number of hydrogen-bond acceptors (Lipinski definition) is 8. The lowest BCUT2D eigenvalue weighted by Crippen LogP contribution is -2.31. The van der Waals surface area contributed by atoms with E-state index >= 15 is 0 Å². The summed E-state index contributed by atoms with van der Waals surface area (Å²) >= 11 is 0. The van der Waals surface area contributed by atoms with Gasteiger partial charge in [0.1, 0.15) is 0 Å². The molecule has 1 aliphatic carbocycles. The molecular weight excluding hydrogens is 560 g/mol. The van der Waals surface area contributed by atoms with E-state index in [1.165, 1.54) is 20.0 Å². The van der Waals surface area contributed by atoms with Gasteiger partial charge in [0, 0.05) is 38.6 Å². The van der Waals surface area contributed by atoms with Gasteiger partial charge in [-0.15, -0.1) is 0 Å². The molecule has 4 rings (SSSR count). The van der Waals surface area contributed by atoms with E-state index in [9.17, 15) is 4.79 Å². The highest BCUT2D eigenvalue weighted by molar-refractivity contribution is 5.69. The Bertz CT molecular complexity index is 828. The molecule has 8 nitrogen and oxygen atoms in total. The van der Waals surface area contributed by atoms with E-state index in [1.54, 1.807) is 0 Å². The Morgan fingerprint density at radius 1 is 0.818 bits per heavy atom. The van der Waals surface area contributed by atoms with Crippen molar-refractivity contribution in [1.29, 1.82) is 0 Å². The summed E-state index contributed by atoms with van der Waals surface area (Å²) in [4.78, 5) is 11.5. The lowest BCUT2D eigenvalue weighted by Gasteiger charge is -2.30. The van der Waals surface area contributed by atoms with E-state index in [0.717, 1.165) is 116 Å². The number of carbonyl (C=O) groups is 1. The number of methoxy groups -OCH3 is 1. The molecule has 0 aromatic rings. The molecule has 0 N–H and O–H groups in total. The third-order valence-electron chi connectivity index (χ3n) is 9.45. The highest BCUT2D eigenvalue weighted by atomic mass is 16.7. The van der Waals surface area contributed by atoms with Crippen LogP contribution in [-0.2, 0) is 38.0 Å². The van der Waals surface area contributed by atoms with Crippen LogP contribution in [0.5, 0.6) is 0 Å². The topological polar surface area (TPSA) is 81.7 Å². The highest BCUT2D eigenvalue weighted by Crippen LogP contribution is 2.42. The molecule has 44 heavy (non-hydrogen) atoms. The molecule has 1 saturated carbocycles. The van der Waals surface area contributed by atoms with Gasteiger partial charge >= 0.3 is 5.97 Å². The van der Waals surface area contributed by atoms with Gasteiger partial charge in [-0.25, -0.2) is 0 Å². The van der Waals surface area contributed by atoms with Crippen molar-refractivity contribution in [3.8, 4) is 0 Å². The van der Waals surface area contributed by atoms with Crippen molar-refractivity contribution in [3.05, 3.63) is 24.3 Å². The van der Waals surface area contributed by atoms with Gasteiger partial charge in [0.25, 0.3) is 0 Å². The van der Waals surface area contributed by atoms with Crippen molar-refractivity contribution in [3.63, 3.8) is 0 Å². The Morgan fingerprint density at radius 2 is 1.48 bits per heavy atom. The van der Waals surface area contributed by atoms with Gasteiger partial charge in [-0.3, -0.25) is 4.79 Å². The van der Waals surface area contributed by atoms with E-state index in [2.05, 4.69) is 31.2 Å². The standard InChI is InChI=1S/C36H60O8/c1-3-4-7-16-28(42-34-19-10-13-24-39-34)22-23-30-29(17-8-5-6-9-18-33(37)38-2)31(43-35-20-11-14-25-40-35)27-32(30)44-36-21-12-15-26-41-36/h5,8,22-23,28-32,34-36H,3-4,6-7,9-21,24-27H2,1-2H3/b8-5-,23-22+/t28-,29+,30+,31-,32+,34?,35?,36?/m0/s1. The van der Waals surface area contributed by atoms with Crippen LogP contribution in [0.15, 0.2) is 24.3 Å². The minimum Gasteiger partial charge on any atom is -0.469 e. The minimum atomic E-state index is -0.156. The van der Waals surface area contributed by atoms with E-state index in [4.69, 9.17) is 33.2 Å². The fourth-order valence-corrected chi connectivity index (χ4v) is 6.90. The van der Waals surface area contributed by atoms with Gasteiger partial charge in [-0.2, -0.15) is 0 Å². The second kappa shape index (κ2) is 20.8. The Labute approximate surface area is 266 Å². The Morgan fingerprint density at radius 3 is 2.09 bits per heavy atom. The van der Waals surface area contributed by atoms with Crippen LogP contribution in [0.25, 0.3) is 0 Å². The average molecular weight is 621 g/mol. The van der Waals surface area contributed by atoms with E-state index in [1.807, 2.05) is 0 Å². The zero-order valence-corrected chi connectivity index (χ0v) is 27.5. The van der Waals surface area contributed by atoms with Gasteiger partial charge in [0.15, 0.2) is 18.9 Å².